The Hall–Kier alpha value is -1.72. The molecule has 0 radical (unpaired) electrons. The van der Waals surface area contributed by atoms with Crippen LogP contribution in [0.2, 0.25) is 5.04 Å². The molecule has 2 atom stereocenters. The molecular formula is C28H40O3Si. The van der Waals surface area contributed by atoms with Crippen LogP contribution >= 0.6 is 0 Å². The molecule has 0 saturated carbocycles. The molecule has 3 nitrogen and oxygen atoms in total. The van der Waals surface area contributed by atoms with Gasteiger partial charge in [-0.2, -0.15) is 0 Å². The van der Waals surface area contributed by atoms with Gasteiger partial charge in [0.2, 0.25) is 0 Å². The van der Waals surface area contributed by atoms with Crippen molar-refractivity contribution in [3.8, 4) is 0 Å². The summed E-state index contributed by atoms with van der Waals surface area (Å²) in [5.74, 6) is 0. The first-order chi connectivity index (χ1) is 15.3. The van der Waals surface area contributed by atoms with Gasteiger partial charge in [0.05, 0.1) is 6.10 Å². The van der Waals surface area contributed by atoms with Crippen molar-refractivity contribution in [2.24, 2.45) is 5.41 Å². The Bertz CT molecular complexity index is 804. The van der Waals surface area contributed by atoms with E-state index in [9.17, 15) is 10.2 Å². The van der Waals surface area contributed by atoms with E-state index in [4.69, 9.17) is 4.43 Å². The van der Waals surface area contributed by atoms with Gasteiger partial charge in [-0.3, -0.25) is 0 Å². The average Bonchev–Trinajstić information content (AvgIpc) is 2.80. The molecule has 3 rings (SSSR count). The highest BCUT2D eigenvalue weighted by Crippen LogP contribution is 2.41. The summed E-state index contributed by atoms with van der Waals surface area (Å²) in [6.07, 6.45) is 9.36. The Balaban J connectivity index is 1.83. The second-order valence-corrected chi connectivity index (χ2v) is 14.6. The molecule has 0 spiro atoms. The zero-order valence-corrected chi connectivity index (χ0v) is 21.0. The lowest BCUT2D eigenvalue weighted by atomic mass is 9.72. The summed E-state index contributed by atoms with van der Waals surface area (Å²) in [4.78, 5) is 0. The number of rotatable bonds is 10. The summed E-state index contributed by atoms with van der Waals surface area (Å²) in [5, 5.41) is 21.9. The fourth-order valence-electron chi connectivity index (χ4n) is 5.31. The maximum absolute atomic E-state index is 9.93. The Labute approximate surface area is 195 Å². The van der Waals surface area contributed by atoms with Gasteiger partial charge in [-0.05, 0) is 59.4 Å². The third-order valence-electron chi connectivity index (χ3n) is 7.00. The number of aliphatic hydroxyl groups is 2. The summed E-state index contributed by atoms with van der Waals surface area (Å²) in [6.45, 7) is 7.87. The molecule has 0 heterocycles. The monoisotopic (exact) mass is 452 g/mol. The summed E-state index contributed by atoms with van der Waals surface area (Å²) in [7, 11) is -2.49. The maximum Gasteiger partial charge on any atom is 0.261 e. The van der Waals surface area contributed by atoms with Crippen molar-refractivity contribution >= 4 is 18.7 Å². The normalized spacial score (nSPS) is 21.6. The molecule has 0 aromatic heterocycles. The fraction of sp³-hybridized carbons (Fsp3) is 0.500. The smallest absolute Gasteiger partial charge is 0.261 e. The molecule has 0 unspecified atom stereocenters. The second-order valence-electron chi connectivity index (χ2n) is 10.3. The lowest BCUT2D eigenvalue weighted by Crippen LogP contribution is -2.66. The molecule has 0 aliphatic heterocycles. The second kappa shape index (κ2) is 10.9. The van der Waals surface area contributed by atoms with Crippen molar-refractivity contribution in [3.05, 3.63) is 72.8 Å². The van der Waals surface area contributed by atoms with E-state index in [0.717, 1.165) is 38.5 Å². The number of hydrogen-bond acceptors (Lipinski definition) is 3. The van der Waals surface area contributed by atoms with Crippen LogP contribution < -0.4 is 10.4 Å². The molecule has 0 bridgehead atoms. The molecule has 0 saturated heterocycles. The van der Waals surface area contributed by atoms with E-state index in [1.54, 1.807) is 0 Å². The molecule has 2 aromatic rings. The van der Waals surface area contributed by atoms with Crippen LogP contribution in [0.4, 0.5) is 0 Å². The first-order valence-corrected chi connectivity index (χ1v) is 14.0. The molecule has 32 heavy (non-hydrogen) atoms. The SMILES string of the molecule is CC(C)(C)[Si](OCCC[C@@]1(CCCO)C=C[C@@H](O)CC1)(c1ccccc1)c1ccccc1. The van der Waals surface area contributed by atoms with Gasteiger partial charge in [-0.25, -0.2) is 0 Å². The lowest BCUT2D eigenvalue weighted by molar-refractivity contribution is 0.145. The summed E-state index contributed by atoms with van der Waals surface area (Å²) >= 11 is 0. The van der Waals surface area contributed by atoms with Crippen LogP contribution in [0.5, 0.6) is 0 Å². The number of allylic oxidation sites excluding steroid dienone is 1. The standard InChI is InChI=1S/C28H40O3Si/c1-27(2,3)32(25-12-6-4-7-13-25,26-14-8-5-9-15-26)31-23-11-19-28(18-10-22-29)20-16-24(30)17-21-28/h4-9,12-16,20,24,29-30H,10-11,17-19,21-23H2,1-3H3/t24-,28+/m1/s1. The molecule has 174 valence electrons. The molecule has 1 aliphatic rings. The minimum absolute atomic E-state index is 0.0147. The van der Waals surface area contributed by atoms with Crippen LogP contribution in [0.15, 0.2) is 72.8 Å². The molecule has 2 N–H and O–H groups in total. The summed E-state index contributed by atoms with van der Waals surface area (Å²) in [5.41, 5.74) is 0.0662. The Morgan fingerprint density at radius 3 is 1.97 bits per heavy atom. The first kappa shape index (κ1) is 24.9. The molecule has 1 aliphatic carbocycles. The van der Waals surface area contributed by atoms with Crippen molar-refractivity contribution in [1.29, 1.82) is 0 Å². The van der Waals surface area contributed by atoms with Gasteiger partial charge in [0.15, 0.2) is 0 Å². The number of hydrogen-bond donors (Lipinski definition) is 2. The van der Waals surface area contributed by atoms with Crippen molar-refractivity contribution < 1.29 is 14.6 Å². The van der Waals surface area contributed by atoms with Crippen molar-refractivity contribution in [1.82, 2.24) is 0 Å². The third kappa shape index (κ3) is 5.60. The minimum atomic E-state index is -2.49. The van der Waals surface area contributed by atoms with Crippen molar-refractivity contribution in [2.75, 3.05) is 13.2 Å². The molecule has 0 amide bonds. The van der Waals surface area contributed by atoms with Gasteiger partial charge < -0.3 is 14.6 Å². The van der Waals surface area contributed by atoms with E-state index >= 15 is 0 Å². The summed E-state index contributed by atoms with van der Waals surface area (Å²) in [6, 6.07) is 21.6. The van der Waals surface area contributed by atoms with Gasteiger partial charge in [-0.15, -0.1) is 0 Å². The zero-order valence-electron chi connectivity index (χ0n) is 20.0. The molecular weight excluding hydrogens is 412 g/mol. The van der Waals surface area contributed by atoms with Gasteiger partial charge in [0.25, 0.3) is 8.32 Å². The van der Waals surface area contributed by atoms with Crippen LogP contribution in [0.3, 0.4) is 0 Å². The first-order valence-electron chi connectivity index (χ1n) is 12.1. The molecule has 2 aromatic carbocycles. The Morgan fingerprint density at radius 2 is 1.50 bits per heavy atom. The number of benzene rings is 2. The number of aliphatic hydroxyl groups excluding tert-OH is 2. The van der Waals surface area contributed by atoms with Crippen molar-refractivity contribution in [2.45, 2.75) is 70.4 Å². The molecule has 4 heteroatoms. The van der Waals surface area contributed by atoms with Gasteiger partial charge in [-0.1, -0.05) is 93.6 Å². The van der Waals surface area contributed by atoms with Crippen LogP contribution in [0.1, 0.15) is 59.3 Å². The van der Waals surface area contributed by atoms with E-state index < -0.39 is 8.32 Å². The van der Waals surface area contributed by atoms with E-state index in [-0.39, 0.29) is 23.2 Å². The van der Waals surface area contributed by atoms with Gasteiger partial charge >= 0.3 is 0 Å². The predicted octanol–water partition coefficient (Wildman–Crippen LogP) is 4.81. The Morgan fingerprint density at radius 1 is 0.938 bits per heavy atom. The zero-order chi connectivity index (χ0) is 23.1. The van der Waals surface area contributed by atoms with E-state index in [0.29, 0.717) is 6.61 Å². The van der Waals surface area contributed by atoms with Crippen LogP contribution in [-0.2, 0) is 4.43 Å². The minimum Gasteiger partial charge on any atom is -0.407 e. The van der Waals surface area contributed by atoms with Crippen LogP contribution in [-0.4, -0.2) is 37.8 Å². The fourth-order valence-corrected chi connectivity index (χ4v) is 9.92. The lowest BCUT2D eigenvalue weighted by Gasteiger charge is -2.43. The van der Waals surface area contributed by atoms with Crippen LogP contribution in [0, 0.1) is 5.41 Å². The largest absolute Gasteiger partial charge is 0.407 e. The predicted molar refractivity (Wildman–Crippen MR) is 136 cm³/mol. The van der Waals surface area contributed by atoms with E-state index in [2.05, 4.69) is 87.5 Å². The summed E-state index contributed by atoms with van der Waals surface area (Å²) < 4.78 is 7.04. The molecule has 0 fully saturated rings. The van der Waals surface area contributed by atoms with Crippen molar-refractivity contribution in [3.63, 3.8) is 0 Å². The third-order valence-corrected chi connectivity index (χ3v) is 12.0. The Kier molecular flexibility index (Phi) is 8.51. The average molecular weight is 453 g/mol. The van der Waals surface area contributed by atoms with Gasteiger partial charge in [0, 0.05) is 13.2 Å². The topological polar surface area (TPSA) is 49.7 Å². The van der Waals surface area contributed by atoms with E-state index in [1.165, 1.54) is 10.4 Å². The quantitative estimate of drug-likeness (QED) is 0.309. The maximum atomic E-state index is 9.93. The van der Waals surface area contributed by atoms with E-state index in [1.807, 2.05) is 6.08 Å². The van der Waals surface area contributed by atoms with Gasteiger partial charge in [0.1, 0.15) is 0 Å². The van der Waals surface area contributed by atoms with Crippen LogP contribution in [0.25, 0.3) is 0 Å². The highest BCUT2D eigenvalue weighted by atomic mass is 28.4. The highest BCUT2D eigenvalue weighted by Gasteiger charge is 2.50. The highest BCUT2D eigenvalue weighted by molar-refractivity contribution is 6.99.